The molecule has 1 saturated carbocycles. The van der Waals surface area contributed by atoms with Gasteiger partial charge in [-0.1, -0.05) is 49.6 Å². The van der Waals surface area contributed by atoms with E-state index < -0.39 is 0 Å². The number of rotatable bonds is 4. The Hall–Kier alpha value is -2.50. The van der Waals surface area contributed by atoms with Gasteiger partial charge >= 0.3 is 0 Å². The van der Waals surface area contributed by atoms with E-state index in [-0.39, 0.29) is 11.4 Å². The van der Waals surface area contributed by atoms with E-state index >= 15 is 0 Å². The third kappa shape index (κ3) is 3.57. The van der Waals surface area contributed by atoms with E-state index in [2.05, 4.69) is 33.4 Å². The summed E-state index contributed by atoms with van der Waals surface area (Å²) < 4.78 is 5.58. The molecule has 1 amide bonds. The molecule has 5 heteroatoms. The van der Waals surface area contributed by atoms with E-state index in [1.807, 2.05) is 24.3 Å². The number of fused-ring (bicyclic) bond motifs is 3. The quantitative estimate of drug-likeness (QED) is 0.665. The number of amides is 1. The number of benzene rings is 2. The molecule has 30 heavy (non-hydrogen) atoms. The first-order valence-corrected chi connectivity index (χ1v) is 11.1. The molecule has 2 aliphatic rings. The third-order valence-electron chi connectivity index (χ3n) is 6.90. The second-order valence-electron chi connectivity index (χ2n) is 8.61. The molecule has 0 unspecified atom stereocenters. The Morgan fingerprint density at radius 3 is 2.63 bits per heavy atom. The van der Waals surface area contributed by atoms with Crippen LogP contribution in [0.4, 0.5) is 0 Å². The van der Waals surface area contributed by atoms with Crippen LogP contribution in [0.15, 0.2) is 48.7 Å². The summed E-state index contributed by atoms with van der Waals surface area (Å²) in [5, 5.41) is 6.54. The number of hydrogen-bond donors (Lipinski definition) is 1. The smallest absolute Gasteiger partial charge is 0.253 e. The van der Waals surface area contributed by atoms with Crippen molar-refractivity contribution in [3.63, 3.8) is 0 Å². The zero-order valence-electron chi connectivity index (χ0n) is 17.4. The van der Waals surface area contributed by atoms with Crippen LogP contribution in [-0.2, 0) is 4.74 Å². The highest BCUT2D eigenvalue weighted by Crippen LogP contribution is 2.34. The van der Waals surface area contributed by atoms with Gasteiger partial charge in [0, 0.05) is 36.8 Å². The average Bonchev–Trinajstić information content (AvgIpc) is 2.83. The predicted molar refractivity (Wildman–Crippen MR) is 120 cm³/mol. The Kier molecular flexibility index (Phi) is 5.40. The van der Waals surface area contributed by atoms with E-state index in [9.17, 15) is 4.79 Å². The molecule has 5 nitrogen and oxygen atoms in total. The Morgan fingerprint density at radius 2 is 1.80 bits per heavy atom. The topological polar surface area (TPSA) is 54.5 Å². The zero-order chi connectivity index (χ0) is 20.4. The third-order valence-corrected chi connectivity index (χ3v) is 6.90. The molecule has 0 spiro atoms. The molecule has 1 aromatic heterocycles. The minimum absolute atomic E-state index is 0.0253. The highest BCUT2D eigenvalue weighted by Gasteiger charge is 2.39. The van der Waals surface area contributed by atoms with Crippen LogP contribution in [-0.4, -0.2) is 54.2 Å². The van der Waals surface area contributed by atoms with Crippen molar-refractivity contribution in [2.24, 2.45) is 0 Å². The van der Waals surface area contributed by atoms with Crippen molar-refractivity contribution in [1.82, 2.24) is 15.2 Å². The van der Waals surface area contributed by atoms with E-state index in [4.69, 9.17) is 4.74 Å². The van der Waals surface area contributed by atoms with Gasteiger partial charge in [-0.05, 0) is 35.7 Å². The second-order valence-corrected chi connectivity index (χ2v) is 8.61. The Bertz CT molecular complexity index is 1050. The van der Waals surface area contributed by atoms with Gasteiger partial charge in [-0.2, -0.15) is 0 Å². The van der Waals surface area contributed by atoms with E-state index in [0.29, 0.717) is 12.1 Å². The maximum Gasteiger partial charge on any atom is 0.253 e. The summed E-state index contributed by atoms with van der Waals surface area (Å²) in [4.78, 5) is 20.5. The van der Waals surface area contributed by atoms with Crippen molar-refractivity contribution in [1.29, 1.82) is 0 Å². The maximum atomic E-state index is 13.4. The van der Waals surface area contributed by atoms with Crippen molar-refractivity contribution in [3.05, 3.63) is 54.2 Å². The molecule has 156 valence electrons. The van der Waals surface area contributed by atoms with Gasteiger partial charge in [0.05, 0.1) is 24.3 Å². The van der Waals surface area contributed by atoms with Gasteiger partial charge < -0.3 is 10.1 Å². The van der Waals surface area contributed by atoms with Crippen LogP contribution in [0.3, 0.4) is 0 Å². The normalized spacial score (nSPS) is 19.7. The average molecular weight is 404 g/mol. The standard InChI is InChI=1S/C25H29N3O2/c29-24(27-18-25(10-4-1-5-11-25)28-13-15-30-16-14-28)22-17-19-7-2-3-8-20(19)21-9-6-12-26-23(21)22/h2-3,6-9,12,17H,1,4-5,10-11,13-16,18H2,(H,27,29). The summed E-state index contributed by atoms with van der Waals surface area (Å²) >= 11 is 0. The molecular formula is C25H29N3O2. The summed E-state index contributed by atoms with van der Waals surface area (Å²) in [6.07, 6.45) is 7.80. The molecule has 1 saturated heterocycles. The number of morpholine rings is 1. The van der Waals surface area contributed by atoms with E-state index in [1.165, 1.54) is 19.3 Å². The molecular weight excluding hydrogens is 374 g/mol. The van der Waals surface area contributed by atoms with Crippen LogP contribution in [0.5, 0.6) is 0 Å². The first kappa shape index (κ1) is 19.5. The summed E-state index contributed by atoms with van der Waals surface area (Å²) in [6.45, 7) is 4.17. The fraction of sp³-hybridized carbons (Fsp3) is 0.440. The highest BCUT2D eigenvalue weighted by atomic mass is 16.5. The fourth-order valence-electron chi connectivity index (χ4n) is 5.29. The van der Waals surface area contributed by atoms with Gasteiger partial charge in [-0.3, -0.25) is 14.7 Å². The lowest BCUT2D eigenvalue weighted by atomic mass is 9.79. The highest BCUT2D eigenvalue weighted by molar-refractivity contribution is 6.15. The van der Waals surface area contributed by atoms with Crippen LogP contribution >= 0.6 is 0 Å². The Labute approximate surface area is 177 Å². The number of carbonyl (C=O) groups excluding carboxylic acids is 1. The molecule has 2 fully saturated rings. The monoisotopic (exact) mass is 403 g/mol. The van der Waals surface area contributed by atoms with E-state index in [1.54, 1.807) is 6.20 Å². The van der Waals surface area contributed by atoms with Crippen LogP contribution in [0.2, 0.25) is 0 Å². The lowest BCUT2D eigenvalue weighted by Crippen LogP contribution is -2.59. The largest absolute Gasteiger partial charge is 0.379 e. The molecule has 1 N–H and O–H groups in total. The minimum atomic E-state index is -0.0253. The van der Waals surface area contributed by atoms with Gasteiger partial charge in [0.1, 0.15) is 0 Å². The number of ether oxygens (including phenoxy) is 1. The molecule has 2 aromatic carbocycles. The zero-order valence-corrected chi connectivity index (χ0v) is 17.4. The minimum Gasteiger partial charge on any atom is -0.379 e. The van der Waals surface area contributed by atoms with E-state index in [0.717, 1.165) is 60.8 Å². The summed E-state index contributed by atoms with van der Waals surface area (Å²) in [6, 6.07) is 14.2. The number of carbonyl (C=O) groups is 1. The second kappa shape index (κ2) is 8.32. The first-order chi connectivity index (χ1) is 14.8. The Morgan fingerprint density at radius 1 is 1.03 bits per heavy atom. The van der Waals surface area contributed by atoms with Crippen molar-refractivity contribution in [2.75, 3.05) is 32.8 Å². The van der Waals surface area contributed by atoms with Gasteiger partial charge in [-0.15, -0.1) is 0 Å². The molecule has 0 bridgehead atoms. The lowest BCUT2D eigenvalue weighted by Gasteiger charge is -2.48. The molecule has 5 rings (SSSR count). The number of nitrogens with one attached hydrogen (secondary N) is 1. The molecule has 2 heterocycles. The molecule has 0 atom stereocenters. The van der Waals surface area contributed by atoms with Gasteiger partial charge in [0.15, 0.2) is 0 Å². The van der Waals surface area contributed by atoms with Gasteiger partial charge in [-0.25, -0.2) is 0 Å². The van der Waals surface area contributed by atoms with Crippen molar-refractivity contribution < 1.29 is 9.53 Å². The number of aromatic nitrogens is 1. The molecule has 0 radical (unpaired) electrons. The number of hydrogen-bond acceptors (Lipinski definition) is 4. The van der Waals surface area contributed by atoms with Crippen molar-refractivity contribution in [3.8, 4) is 0 Å². The number of nitrogens with zero attached hydrogens (tertiary/aromatic N) is 2. The predicted octanol–water partition coefficient (Wildman–Crippen LogP) is 4.15. The maximum absolute atomic E-state index is 13.4. The Balaban J connectivity index is 1.45. The summed E-state index contributed by atoms with van der Waals surface area (Å²) in [5.74, 6) is -0.0253. The van der Waals surface area contributed by atoms with Gasteiger partial charge in [0.2, 0.25) is 0 Å². The number of pyridine rings is 1. The summed E-state index contributed by atoms with van der Waals surface area (Å²) in [5.41, 5.74) is 1.49. The van der Waals surface area contributed by atoms with Gasteiger partial charge in [0.25, 0.3) is 5.91 Å². The van der Waals surface area contributed by atoms with Crippen LogP contribution in [0.25, 0.3) is 21.7 Å². The van der Waals surface area contributed by atoms with Crippen molar-refractivity contribution >= 4 is 27.6 Å². The molecule has 1 aliphatic heterocycles. The lowest BCUT2D eigenvalue weighted by molar-refractivity contribution is -0.0361. The van der Waals surface area contributed by atoms with Crippen LogP contribution < -0.4 is 5.32 Å². The fourth-order valence-corrected chi connectivity index (χ4v) is 5.29. The molecule has 3 aromatic rings. The van der Waals surface area contributed by atoms with Crippen LogP contribution in [0, 0.1) is 0 Å². The SMILES string of the molecule is O=C(NCC1(N2CCOCC2)CCCCC1)c1cc2ccccc2c2cccnc12. The van der Waals surface area contributed by atoms with Crippen LogP contribution in [0.1, 0.15) is 42.5 Å². The first-order valence-electron chi connectivity index (χ1n) is 11.1. The molecule has 1 aliphatic carbocycles. The van der Waals surface area contributed by atoms with Crippen molar-refractivity contribution in [2.45, 2.75) is 37.6 Å². The summed E-state index contributed by atoms with van der Waals surface area (Å²) in [7, 11) is 0.